The molecule has 1 atom stereocenters. The van der Waals surface area contributed by atoms with E-state index in [9.17, 15) is 0 Å². The van der Waals surface area contributed by atoms with Crippen LogP contribution in [0.2, 0.25) is 0 Å². The molecule has 2 N–H and O–H groups in total. The first-order chi connectivity index (χ1) is 13.2. The lowest BCUT2D eigenvalue weighted by Crippen LogP contribution is -2.50. The van der Waals surface area contributed by atoms with Gasteiger partial charge in [-0.25, -0.2) is 0 Å². The number of likely N-dealkylation sites (tertiary alicyclic amines) is 2. The average Bonchev–Trinajstić information content (AvgIpc) is 2.71. The number of rotatable bonds is 6. The zero-order valence-electron chi connectivity index (χ0n) is 17.6. The smallest absolute Gasteiger partial charge is 0.191 e. The minimum atomic E-state index is 0. The van der Waals surface area contributed by atoms with Gasteiger partial charge in [0.05, 0.1) is 0 Å². The first-order valence-corrected chi connectivity index (χ1v) is 10.7. The summed E-state index contributed by atoms with van der Waals surface area (Å²) in [6.07, 6.45) is 6.43. The topological polar surface area (TPSA) is 42.9 Å². The molecule has 3 rings (SSSR count). The Balaban J connectivity index is 0.00000280. The molecule has 2 aliphatic heterocycles. The summed E-state index contributed by atoms with van der Waals surface area (Å²) in [7, 11) is 1.88. The van der Waals surface area contributed by atoms with Gasteiger partial charge in [0, 0.05) is 51.9 Å². The Morgan fingerprint density at radius 3 is 2.50 bits per heavy atom. The molecule has 28 heavy (non-hydrogen) atoms. The summed E-state index contributed by atoms with van der Waals surface area (Å²) in [5.74, 6) is 0.959. The van der Waals surface area contributed by atoms with Gasteiger partial charge in [0.2, 0.25) is 0 Å². The summed E-state index contributed by atoms with van der Waals surface area (Å²) in [5, 5.41) is 7.15. The molecule has 2 saturated heterocycles. The summed E-state index contributed by atoms with van der Waals surface area (Å²) in [4.78, 5) is 9.59. The molecule has 2 aliphatic rings. The van der Waals surface area contributed by atoms with Gasteiger partial charge in [-0.15, -0.1) is 24.0 Å². The van der Waals surface area contributed by atoms with Gasteiger partial charge >= 0.3 is 0 Å². The average molecular weight is 499 g/mol. The maximum Gasteiger partial charge on any atom is 0.191 e. The second kappa shape index (κ2) is 12.6. The fraction of sp³-hybridized carbons (Fsp3) is 0.682. The number of nitrogens with one attached hydrogen (secondary N) is 2. The monoisotopic (exact) mass is 499 g/mol. The summed E-state index contributed by atoms with van der Waals surface area (Å²) < 4.78 is 0. The van der Waals surface area contributed by atoms with Crippen molar-refractivity contribution in [2.75, 3.05) is 39.8 Å². The molecule has 0 amide bonds. The van der Waals surface area contributed by atoms with Crippen molar-refractivity contribution in [3.05, 3.63) is 35.9 Å². The molecule has 0 aromatic heterocycles. The number of hydrogen-bond acceptors (Lipinski definition) is 3. The molecule has 0 aliphatic carbocycles. The minimum Gasteiger partial charge on any atom is -0.355 e. The van der Waals surface area contributed by atoms with Crippen LogP contribution in [0.1, 0.15) is 44.6 Å². The van der Waals surface area contributed by atoms with Gasteiger partial charge in [-0.2, -0.15) is 0 Å². The van der Waals surface area contributed by atoms with Gasteiger partial charge in [-0.1, -0.05) is 36.8 Å². The molecule has 1 unspecified atom stereocenters. The Labute approximate surface area is 188 Å². The van der Waals surface area contributed by atoms with E-state index in [1.165, 1.54) is 44.2 Å². The summed E-state index contributed by atoms with van der Waals surface area (Å²) in [6, 6.07) is 12.0. The van der Waals surface area contributed by atoms with Gasteiger partial charge < -0.3 is 10.6 Å². The first-order valence-electron chi connectivity index (χ1n) is 10.7. The Hall–Kier alpha value is -0.860. The van der Waals surface area contributed by atoms with E-state index in [-0.39, 0.29) is 24.0 Å². The number of aliphatic imine (C=N–C) groups is 1. The zero-order chi connectivity index (χ0) is 18.9. The first kappa shape index (κ1) is 23.4. The Morgan fingerprint density at radius 1 is 1.07 bits per heavy atom. The van der Waals surface area contributed by atoms with Crippen LogP contribution in [-0.4, -0.2) is 67.6 Å². The fourth-order valence-electron chi connectivity index (χ4n) is 4.27. The molecule has 2 fully saturated rings. The van der Waals surface area contributed by atoms with Crippen molar-refractivity contribution in [1.82, 2.24) is 20.4 Å². The predicted molar refractivity (Wildman–Crippen MR) is 130 cm³/mol. The van der Waals surface area contributed by atoms with Crippen molar-refractivity contribution in [3.63, 3.8) is 0 Å². The zero-order valence-corrected chi connectivity index (χ0v) is 19.9. The summed E-state index contributed by atoms with van der Waals surface area (Å²) in [6.45, 7) is 9.04. The molecule has 1 aromatic rings. The van der Waals surface area contributed by atoms with Crippen LogP contribution in [0.5, 0.6) is 0 Å². The highest BCUT2D eigenvalue weighted by Gasteiger charge is 2.21. The van der Waals surface area contributed by atoms with Crippen molar-refractivity contribution < 1.29 is 0 Å². The third-order valence-corrected chi connectivity index (χ3v) is 6.03. The van der Waals surface area contributed by atoms with E-state index >= 15 is 0 Å². The third-order valence-electron chi connectivity index (χ3n) is 6.03. The summed E-state index contributed by atoms with van der Waals surface area (Å²) in [5.41, 5.74) is 1.41. The van der Waals surface area contributed by atoms with E-state index in [1.54, 1.807) is 0 Å². The van der Waals surface area contributed by atoms with Crippen molar-refractivity contribution in [1.29, 1.82) is 0 Å². The molecule has 2 heterocycles. The van der Waals surface area contributed by atoms with E-state index in [1.807, 2.05) is 7.05 Å². The molecule has 1 aromatic carbocycles. The van der Waals surface area contributed by atoms with Crippen molar-refractivity contribution in [3.8, 4) is 0 Å². The van der Waals surface area contributed by atoms with Crippen LogP contribution in [-0.2, 0) is 6.54 Å². The number of hydrogen-bond donors (Lipinski definition) is 2. The molecule has 0 bridgehead atoms. The number of guanidine groups is 1. The Kier molecular flexibility index (Phi) is 10.6. The van der Waals surface area contributed by atoms with Crippen LogP contribution >= 0.6 is 24.0 Å². The van der Waals surface area contributed by atoms with Gasteiger partial charge in [0.25, 0.3) is 0 Å². The van der Waals surface area contributed by atoms with Crippen LogP contribution in [0, 0.1) is 0 Å². The van der Waals surface area contributed by atoms with Crippen LogP contribution in [0.4, 0.5) is 0 Å². The number of benzene rings is 1. The van der Waals surface area contributed by atoms with Gasteiger partial charge in [0.1, 0.15) is 0 Å². The molecule has 158 valence electrons. The van der Waals surface area contributed by atoms with E-state index in [0.717, 1.165) is 44.7 Å². The number of piperidine rings is 2. The van der Waals surface area contributed by atoms with Crippen molar-refractivity contribution in [2.45, 2.75) is 57.7 Å². The summed E-state index contributed by atoms with van der Waals surface area (Å²) >= 11 is 0. The standard InChI is InChI=1S/C22H37N5.HI/c1-19-8-6-7-14-27(19)17-13-24-22(23-2)25-21-11-15-26(16-12-21)18-20-9-4-3-5-10-20;/h3-5,9-10,19,21H,6-8,11-18H2,1-2H3,(H2,23,24,25);1H. The SMILES string of the molecule is CN=C(NCCN1CCCCC1C)NC1CCN(Cc2ccccc2)CC1.I. The minimum absolute atomic E-state index is 0. The third kappa shape index (κ3) is 7.52. The quantitative estimate of drug-likeness (QED) is 0.358. The van der Waals surface area contributed by atoms with Crippen molar-refractivity contribution in [2.24, 2.45) is 4.99 Å². The van der Waals surface area contributed by atoms with E-state index in [0.29, 0.717) is 6.04 Å². The molecular formula is C22H38IN5. The molecule has 0 spiro atoms. The molecule has 6 heteroatoms. The second-order valence-corrected chi connectivity index (χ2v) is 8.06. The van der Waals surface area contributed by atoms with Crippen LogP contribution in [0.3, 0.4) is 0 Å². The Bertz CT molecular complexity index is 572. The normalized spacial score (nSPS) is 22.5. The van der Waals surface area contributed by atoms with Gasteiger partial charge in [-0.05, 0) is 44.7 Å². The molecule has 5 nitrogen and oxygen atoms in total. The molecular weight excluding hydrogens is 461 g/mol. The van der Waals surface area contributed by atoms with Gasteiger partial charge in [-0.3, -0.25) is 14.8 Å². The lowest BCUT2D eigenvalue weighted by atomic mass is 10.0. The highest BCUT2D eigenvalue weighted by molar-refractivity contribution is 14.0. The highest BCUT2D eigenvalue weighted by atomic mass is 127. The second-order valence-electron chi connectivity index (χ2n) is 8.06. The molecule has 0 radical (unpaired) electrons. The lowest BCUT2D eigenvalue weighted by molar-refractivity contribution is 0.163. The van der Waals surface area contributed by atoms with Crippen LogP contribution in [0.25, 0.3) is 0 Å². The molecule has 0 saturated carbocycles. The number of nitrogens with zero attached hydrogens (tertiary/aromatic N) is 3. The predicted octanol–water partition coefficient (Wildman–Crippen LogP) is 3.31. The van der Waals surface area contributed by atoms with Crippen LogP contribution in [0.15, 0.2) is 35.3 Å². The number of halogens is 1. The van der Waals surface area contributed by atoms with E-state index in [2.05, 4.69) is 62.7 Å². The lowest BCUT2D eigenvalue weighted by Gasteiger charge is -2.34. The van der Waals surface area contributed by atoms with E-state index < -0.39 is 0 Å². The maximum atomic E-state index is 4.43. The van der Waals surface area contributed by atoms with Crippen molar-refractivity contribution >= 4 is 29.9 Å². The van der Waals surface area contributed by atoms with E-state index in [4.69, 9.17) is 0 Å². The Morgan fingerprint density at radius 2 is 1.82 bits per heavy atom. The van der Waals surface area contributed by atoms with Crippen LogP contribution < -0.4 is 10.6 Å². The highest BCUT2D eigenvalue weighted by Crippen LogP contribution is 2.15. The largest absolute Gasteiger partial charge is 0.355 e. The fourth-order valence-corrected chi connectivity index (χ4v) is 4.27. The maximum absolute atomic E-state index is 4.43. The van der Waals surface area contributed by atoms with Gasteiger partial charge in [0.15, 0.2) is 5.96 Å².